The zero-order valence-corrected chi connectivity index (χ0v) is 12.2. The number of nitriles is 1. The lowest BCUT2D eigenvalue weighted by molar-refractivity contribution is 0.302. The van der Waals surface area contributed by atoms with Crippen molar-refractivity contribution in [3.63, 3.8) is 0 Å². The number of nitrogens with zero attached hydrogens (tertiary/aromatic N) is 1. The molecule has 0 saturated carbocycles. The topological polar surface area (TPSA) is 76.4 Å². The summed E-state index contributed by atoms with van der Waals surface area (Å²) < 4.78 is 32.0. The fourth-order valence-electron chi connectivity index (χ4n) is 1.52. The Balaban J connectivity index is 3.14. The van der Waals surface area contributed by atoms with Crippen LogP contribution in [0.4, 0.5) is 0 Å². The zero-order valence-electron chi connectivity index (χ0n) is 11.4. The Morgan fingerprint density at radius 2 is 2.00 bits per heavy atom. The first-order valence-electron chi connectivity index (χ1n) is 5.62. The van der Waals surface area contributed by atoms with Crippen LogP contribution in [0.15, 0.2) is 18.2 Å². The number of methoxy groups -OCH3 is 1. The van der Waals surface area contributed by atoms with Crippen molar-refractivity contribution in [3.8, 4) is 11.8 Å². The lowest BCUT2D eigenvalue weighted by Crippen LogP contribution is -2.14. The lowest BCUT2D eigenvalue weighted by atomic mass is 9.85. The van der Waals surface area contributed by atoms with Crippen molar-refractivity contribution in [2.45, 2.75) is 25.9 Å². The molecule has 0 N–H and O–H groups in total. The van der Waals surface area contributed by atoms with Gasteiger partial charge in [-0.25, -0.2) is 0 Å². The summed E-state index contributed by atoms with van der Waals surface area (Å²) in [4.78, 5) is 0. The van der Waals surface area contributed by atoms with Crippen LogP contribution in [0, 0.1) is 11.3 Å². The maximum atomic E-state index is 11.0. The normalized spacial score (nSPS) is 11.9. The molecule has 0 spiro atoms. The third-order valence-electron chi connectivity index (χ3n) is 2.71. The van der Waals surface area contributed by atoms with Crippen molar-refractivity contribution in [2.24, 2.45) is 0 Å². The van der Waals surface area contributed by atoms with E-state index in [4.69, 9.17) is 14.2 Å². The molecule has 19 heavy (non-hydrogen) atoms. The predicted molar refractivity (Wildman–Crippen MR) is 71.3 cm³/mol. The average molecular weight is 283 g/mol. The fourth-order valence-corrected chi connectivity index (χ4v) is 1.86. The van der Waals surface area contributed by atoms with Gasteiger partial charge in [0.15, 0.2) is 0 Å². The first-order chi connectivity index (χ1) is 8.69. The minimum Gasteiger partial charge on any atom is -0.496 e. The summed E-state index contributed by atoms with van der Waals surface area (Å²) in [6.45, 7) is 3.46. The molecule has 0 heterocycles. The monoisotopic (exact) mass is 283 g/mol. The summed E-state index contributed by atoms with van der Waals surface area (Å²) in [5.74, 6) is 0.529. The van der Waals surface area contributed by atoms with Gasteiger partial charge in [-0.15, -0.1) is 0 Å². The van der Waals surface area contributed by atoms with E-state index in [2.05, 4.69) is 6.07 Å². The van der Waals surface area contributed by atoms with Crippen molar-refractivity contribution in [3.05, 3.63) is 29.3 Å². The Morgan fingerprint density at radius 1 is 1.37 bits per heavy atom. The fraction of sp³-hybridized carbons (Fsp3) is 0.462. The van der Waals surface area contributed by atoms with Gasteiger partial charge in [-0.05, 0) is 31.5 Å². The molecule has 0 bridgehead atoms. The van der Waals surface area contributed by atoms with Crippen LogP contribution in [-0.2, 0) is 26.3 Å². The van der Waals surface area contributed by atoms with Crippen LogP contribution in [0.25, 0.3) is 0 Å². The van der Waals surface area contributed by atoms with Gasteiger partial charge >= 0.3 is 0 Å². The summed E-state index contributed by atoms with van der Waals surface area (Å²) in [6, 6.07) is 7.41. The quantitative estimate of drug-likeness (QED) is 0.772. The van der Waals surface area contributed by atoms with E-state index in [-0.39, 0.29) is 6.61 Å². The number of benzene rings is 1. The van der Waals surface area contributed by atoms with Crippen LogP contribution in [0.1, 0.15) is 25.0 Å². The molecule has 1 aromatic rings. The van der Waals surface area contributed by atoms with Gasteiger partial charge in [0, 0.05) is 5.56 Å². The molecular weight excluding hydrogens is 266 g/mol. The van der Waals surface area contributed by atoms with E-state index in [0.717, 1.165) is 11.8 Å². The number of ether oxygens (including phenoxy) is 1. The maximum absolute atomic E-state index is 11.0. The van der Waals surface area contributed by atoms with Crippen LogP contribution in [-0.4, -0.2) is 21.8 Å². The van der Waals surface area contributed by atoms with Crippen molar-refractivity contribution >= 4 is 10.1 Å². The smallest absolute Gasteiger partial charge is 0.264 e. The Kier molecular flexibility index (Phi) is 4.56. The van der Waals surface area contributed by atoms with Crippen LogP contribution >= 0.6 is 0 Å². The van der Waals surface area contributed by atoms with Gasteiger partial charge in [-0.3, -0.25) is 4.18 Å². The van der Waals surface area contributed by atoms with Gasteiger partial charge in [0.25, 0.3) is 10.1 Å². The molecule has 1 aromatic carbocycles. The van der Waals surface area contributed by atoms with E-state index in [9.17, 15) is 8.42 Å². The third kappa shape index (κ3) is 4.23. The van der Waals surface area contributed by atoms with E-state index in [1.807, 2.05) is 0 Å². The largest absolute Gasteiger partial charge is 0.496 e. The minimum atomic E-state index is -3.52. The van der Waals surface area contributed by atoms with Crippen molar-refractivity contribution in [1.29, 1.82) is 5.26 Å². The first-order valence-corrected chi connectivity index (χ1v) is 7.44. The molecule has 104 valence electrons. The highest BCUT2D eigenvalue weighted by Crippen LogP contribution is 2.28. The standard InChI is InChI=1S/C13H17NO4S/c1-13(2,9-14)11-5-6-12(17-3)10(7-11)8-18-19(4,15)16/h5-7H,8H2,1-4H3. The van der Waals surface area contributed by atoms with Crippen LogP contribution in [0.2, 0.25) is 0 Å². The van der Waals surface area contributed by atoms with E-state index in [0.29, 0.717) is 11.3 Å². The summed E-state index contributed by atoms with van der Waals surface area (Å²) in [6.07, 6.45) is 0.989. The Morgan fingerprint density at radius 3 is 2.47 bits per heavy atom. The van der Waals surface area contributed by atoms with Crippen LogP contribution in [0.3, 0.4) is 0 Å². The van der Waals surface area contributed by atoms with Crippen molar-refractivity contribution in [2.75, 3.05) is 13.4 Å². The second kappa shape index (κ2) is 5.59. The maximum Gasteiger partial charge on any atom is 0.264 e. The second-order valence-electron chi connectivity index (χ2n) is 4.73. The van der Waals surface area contributed by atoms with Crippen molar-refractivity contribution < 1.29 is 17.3 Å². The Hall–Kier alpha value is -1.58. The molecule has 0 saturated heterocycles. The van der Waals surface area contributed by atoms with Crippen molar-refractivity contribution in [1.82, 2.24) is 0 Å². The molecule has 0 amide bonds. The summed E-state index contributed by atoms with van der Waals surface area (Å²) in [5.41, 5.74) is 0.711. The van der Waals surface area contributed by atoms with Gasteiger partial charge in [0.1, 0.15) is 5.75 Å². The Bertz CT molecular complexity index is 600. The van der Waals surface area contributed by atoms with Crippen LogP contribution in [0.5, 0.6) is 5.75 Å². The molecule has 1 rings (SSSR count). The highest BCUT2D eigenvalue weighted by atomic mass is 32.2. The second-order valence-corrected chi connectivity index (χ2v) is 6.37. The minimum absolute atomic E-state index is 0.114. The molecule has 6 heteroatoms. The number of hydrogen-bond donors (Lipinski definition) is 0. The van der Waals surface area contributed by atoms with E-state index < -0.39 is 15.5 Å². The number of hydrogen-bond acceptors (Lipinski definition) is 5. The zero-order chi connectivity index (χ0) is 14.7. The molecule has 0 aliphatic carbocycles. The molecule has 0 aliphatic rings. The van der Waals surface area contributed by atoms with Gasteiger partial charge in [0.05, 0.1) is 31.5 Å². The molecule has 5 nitrogen and oxygen atoms in total. The van der Waals surface area contributed by atoms with E-state index >= 15 is 0 Å². The van der Waals surface area contributed by atoms with Gasteiger partial charge in [-0.2, -0.15) is 13.7 Å². The SMILES string of the molecule is COc1ccc(C(C)(C)C#N)cc1COS(C)(=O)=O. The summed E-state index contributed by atoms with van der Waals surface area (Å²) >= 11 is 0. The summed E-state index contributed by atoms with van der Waals surface area (Å²) in [5, 5.41) is 9.12. The molecule has 0 fully saturated rings. The molecule has 0 radical (unpaired) electrons. The first kappa shape index (κ1) is 15.5. The van der Waals surface area contributed by atoms with Gasteiger partial charge < -0.3 is 4.74 Å². The van der Waals surface area contributed by atoms with Gasteiger partial charge in [0.2, 0.25) is 0 Å². The third-order valence-corrected chi connectivity index (χ3v) is 3.26. The molecule has 0 aliphatic heterocycles. The van der Waals surface area contributed by atoms with E-state index in [1.165, 1.54) is 7.11 Å². The Labute approximate surface area is 113 Å². The summed E-state index contributed by atoms with van der Waals surface area (Å²) in [7, 11) is -2.03. The highest BCUT2D eigenvalue weighted by Gasteiger charge is 2.21. The average Bonchev–Trinajstić information content (AvgIpc) is 2.35. The number of rotatable bonds is 5. The van der Waals surface area contributed by atoms with E-state index in [1.54, 1.807) is 32.0 Å². The lowest BCUT2D eigenvalue weighted by Gasteiger charge is -2.18. The van der Waals surface area contributed by atoms with Crippen LogP contribution < -0.4 is 4.74 Å². The molecule has 0 aromatic heterocycles. The molecule has 0 unspecified atom stereocenters. The molecular formula is C13H17NO4S. The molecule has 0 atom stereocenters. The highest BCUT2D eigenvalue weighted by molar-refractivity contribution is 7.85. The van der Waals surface area contributed by atoms with Gasteiger partial charge in [-0.1, -0.05) is 6.07 Å². The predicted octanol–water partition coefficient (Wildman–Crippen LogP) is 1.97.